The minimum Gasteiger partial charge on any atom is -0.337 e. The Morgan fingerprint density at radius 2 is 1.86 bits per heavy atom. The first-order valence-electron chi connectivity index (χ1n) is 11.9. The summed E-state index contributed by atoms with van der Waals surface area (Å²) in [6.45, 7) is 3.27. The van der Waals surface area contributed by atoms with Crippen LogP contribution in [0.25, 0.3) is 45.8 Å². The topological polar surface area (TPSA) is 73.5 Å². The molecule has 0 atom stereocenters. The maximum absolute atomic E-state index is 13.8. The minimum absolute atomic E-state index is 0.268. The molecule has 0 spiro atoms. The maximum atomic E-state index is 13.8. The zero-order valence-corrected chi connectivity index (χ0v) is 19.2. The average molecular weight is 465 g/mol. The van der Waals surface area contributed by atoms with Crippen molar-refractivity contribution in [3.05, 3.63) is 89.6 Å². The average Bonchev–Trinajstić information content (AvgIpc) is 3.63. The van der Waals surface area contributed by atoms with Gasteiger partial charge in [-0.3, -0.25) is 15.0 Å². The maximum Gasteiger partial charge on any atom is 0.157 e. The molecule has 0 aliphatic carbocycles. The zero-order chi connectivity index (χ0) is 23.6. The summed E-state index contributed by atoms with van der Waals surface area (Å²) in [5.74, 6) is 0.414. The number of benzene rings is 2. The third-order valence-corrected chi connectivity index (χ3v) is 6.43. The molecule has 2 aromatic carbocycles. The molecule has 0 unspecified atom stereocenters. The summed E-state index contributed by atoms with van der Waals surface area (Å²) < 4.78 is 13.8. The number of H-pyrrole nitrogens is 2. The molecule has 0 amide bonds. The van der Waals surface area contributed by atoms with Crippen LogP contribution in [0.1, 0.15) is 29.5 Å². The van der Waals surface area contributed by atoms with Gasteiger partial charge in [0.25, 0.3) is 0 Å². The minimum atomic E-state index is -0.268. The van der Waals surface area contributed by atoms with Crippen molar-refractivity contribution in [2.45, 2.75) is 19.4 Å². The van der Waals surface area contributed by atoms with Crippen LogP contribution < -0.4 is 0 Å². The molecule has 6 nitrogen and oxygen atoms in total. The molecule has 1 aliphatic heterocycles. The van der Waals surface area contributed by atoms with Gasteiger partial charge < -0.3 is 4.98 Å². The lowest BCUT2D eigenvalue weighted by Gasteiger charge is -2.14. The Kier molecular flexibility index (Phi) is 5.68. The van der Waals surface area contributed by atoms with E-state index >= 15 is 0 Å². The van der Waals surface area contributed by atoms with Crippen molar-refractivity contribution >= 4 is 23.2 Å². The van der Waals surface area contributed by atoms with Crippen LogP contribution in [0.2, 0.25) is 0 Å². The van der Waals surface area contributed by atoms with Crippen LogP contribution in [0.15, 0.2) is 67.1 Å². The molecule has 7 heteroatoms. The third-order valence-electron chi connectivity index (χ3n) is 6.43. The van der Waals surface area contributed by atoms with Gasteiger partial charge in [0.2, 0.25) is 0 Å². The van der Waals surface area contributed by atoms with Crippen LogP contribution in [0.5, 0.6) is 0 Å². The van der Waals surface area contributed by atoms with Crippen molar-refractivity contribution in [1.82, 2.24) is 30.0 Å². The number of aromatic nitrogens is 5. The molecule has 5 aromatic rings. The number of aromatic amines is 2. The van der Waals surface area contributed by atoms with E-state index in [1.165, 1.54) is 30.5 Å². The van der Waals surface area contributed by atoms with E-state index in [0.717, 1.165) is 58.6 Å². The first-order chi connectivity index (χ1) is 17.2. The molecule has 0 saturated carbocycles. The molecule has 4 heterocycles. The molecule has 6 rings (SSSR count). The van der Waals surface area contributed by atoms with Gasteiger partial charge in [-0.05, 0) is 66.9 Å². The quantitative estimate of drug-likeness (QED) is 0.327. The van der Waals surface area contributed by atoms with Gasteiger partial charge >= 0.3 is 0 Å². The lowest BCUT2D eigenvalue weighted by Crippen LogP contribution is -2.18. The molecule has 0 radical (unpaired) electrons. The van der Waals surface area contributed by atoms with Crippen molar-refractivity contribution < 1.29 is 4.39 Å². The lowest BCUT2D eigenvalue weighted by atomic mass is 10.0. The molecular formula is C28H25FN6. The van der Waals surface area contributed by atoms with E-state index in [4.69, 9.17) is 4.98 Å². The Bertz CT molecular complexity index is 1510. The molecule has 1 fully saturated rings. The highest BCUT2D eigenvalue weighted by molar-refractivity contribution is 5.94. The molecule has 0 bridgehead atoms. The molecule has 3 aromatic heterocycles. The number of halogens is 1. The van der Waals surface area contributed by atoms with Gasteiger partial charge in [0.15, 0.2) is 5.82 Å². The molecule has 35 heavy (non-hydrogen) atoms. The summed E-state index contributed by atoms with van der Waals surface area (Å²) in [5.41, 5.74) is 7.32. The SMILES string of the molecule is Fc1cccc(-c2cccc3[nH]c(-c4[nH]ncc4/C=C/c4cncc(CN5CCCC5)c4)nc23)c1. The molecular weight excluding hydrogens is 439 g/mol. The van der Waals surface area contributed by atoms with Crippen molar-refractivity contribution in [2.75, 3.05) is 13.1 Å². The van der Waals surface area contributed by atoms with Gasteiger partial charge in [0.1, 0.15) is 11.5 Å². The van der Waals surface area contributed by atoms with Crippen LogP contribution in [-0.4, -0.2) is 43.1 Å². The Morgan fingerprint density at radius 1 is 0.971 bits per heavy atom. The lowest BCUT2D eigenvalue weighted by molar-refractivity contribution is 0.331. The number of fused-ring (bicyclic) bond motifs is 1. The smallest absolute Gasteiger partial charge is 0.157 e. The van der Waals surface area contributed by atoms with E-state index in [1.807, 2.05) is 42.7 Å². The number of nitrogens with zero attached hydrogens (tertiary/aromatic N) is 4. The summed E-state index contributed by atoms with van der Waals surface area (Å²) in [7, 11) is 0. The second-order valence-electron chi connectivity index (χ2n) is 8.94. The van der Waals surface area contributed by atoms with Crippen molar-refractivity contribution in [3.8, 4) is 22.6 Å². The summed E-state index contributed by atoms with van der Waals surface area (Å²) in [4.78, 5) is 15.1. The fourth-order valence-electron chi connectivity index (χ4n) is 4.72. The van der Waals surface area contributed by atoms with Crippen LogP contribution in [-0.2, 0) is 6.54 Å². The summed E-state index contributed by atoms with van der Waals surface area (Å²) in [6, 6.07) is 14.6. The predicted octanol–water partition coefficient (Wildman–Crippen LogP) is 5.92. The van der Waals surface area contributed by atoms with Gasteiger partial charge in [-0.25, -0.2) is 9.37 Å². The van der Waals surface area contributed by atoms with Gasteiger partial charge in [-0.15, -0.1) is 0 Å². The van der Waals surface area contributed by atoms with Crippen molar-refractivity contribution in [1.29, 1.82) is 0 Å². The monoisotopic (exact) mass is 464 g/mol. The normalized spacial score (nSPS) is 14.4. The molecule has 2 N–H and O–H groups in total. The summed E-state index contributed by atoms with van der Waals surface area (Å²) in [5, 5.41) is 7.32. The van der Waals surface area contributed by atoms with Crippen LogP contribution in [0, 0.1) is 5.82 Å². The number of imidazole rings is 1. The molecule has 1 aliphatic rings. The number of rotatable bonds is 6. The highest BCUT2D eigenvalue weighted by Gasteiger charge is 2.15. The van der Waals surface area contributed by atoms with Crippen molar-refractivity contribution in [2.24, 2.45) is 0 Å². The number of hydrogen-bond donors (Lipinski definition) is 2. The van der Waals surface area contributed by atoms with E-state index in [9.17, 15) is 4.39 Å². The van der Waals surface area contributed by atoms with Crippen LogP contribution >= 0.6 is 0 Å². The van der Waals surface area contributed by atoms with Crippen LogP contribution in [0.3, 0.4) is 0 Å². The first-order valence-corrected chi connectivity index (χ1v) is 11.9. The van der Waals surface area contributed by atoms with Gasteiger partial charge in [-0.2, -0.15) is 5.10 Å². The third kappa shape index (κ3) is 4.50. The number of nitrogens with one attached hydrogen (secondary N) is 2. The Morgan fingerprint density at radius 3 is 2.74 bits per heavy atom. The van der Waals surface area contributed by atoms with E-state index < -0.39 is 0 Å². The van der Waals surface area contributed by atoms with Gasteiger partial charge in [0, 0.05) is 30.1 Å². The van der Waals surface area contributed by atoms with E-state index in [1.54, 1.807) is 12.3 Å². The largest absolute Gasteiger partial charge is 0.337 e. The van der Waals surface area contributed by atoms with E-state index in [0.29, 0.717) is 5.82 Å². The summed E-state index contributed by atoms with van der Waals surface area (Å²) in [6.07, 6.45) is 12.2. The number of para-hydroxylation sites is 1. The highest BCUT2D eigenvalue weighted by Crippen LogP contribution is 2.30. The number of pyridine rings is 1. The first kappa shape index (κ1) is 21.4. The van der Waals surface area contributed by atoms with Crippen LogP contribution in [0.4, 0.5) is 4.39 Å². The fraction of sp³-hybridized carbons (Fsp3) is 0.179. The standard InChI is InChI=1S/C28H25FN6/c29-23-6-3-5-21(14-23)24-7-4-8-25-27(24)33-28(32-25)26-22(17-31-34-26)10-9-19-13-20(16-30-15-19)18-35-11-1-2-12-35/h3-10,13-17H,1-2,11-12,18H2,(H,31,34)(H,32,33)/b10-9+. The Labute approximate surface area is 202 Å². The Balaban J connectivity index is 1.29. The van der Waals surface area contributed by atoms with E-state index in [2.05, 4.69) is 37.2 Å². The van der Waals surface area contributed by atoms with Gasteiger partial charge in [0.05, 0.1) is 17.2 Å². The van der Waals surface area contributed by atoms with Crippen molar-refractivity contribution in [3.63, 3.8) is 0 Å². The number of hydrogen-bond acceptors (Lipinski definition) is 4. The highest BCUT2D eigenvalue weighted by atomic mass is 19.1. The second kappa shape index (κ2) is 9.27. The predicted molar refractivity (Wildman–Crippen MR) is 137 cm³/mol. The Hall–Kier alpha value is -4.10. The molecule has 174 valence electrons. The van der Waals surface area contributed by atoms with E-state index in [-0.39, 0.29) is 5.82 Å². The number of likely N-dealkylation sites (tertiary alicyclic amines) is 1. The van der Waals surface area contributed by atoms with Gasteiger partial charge in [-0.1, -0.05) is 36.4 Å². The fourth-order valence-corrected chi connectivity index (χ4v) is 4.72. The zero-order valence-electron chi connectivity index (χ0n) is 19.2. The second-order valence-corrected chi connectivity index (χ2v) is 8.94. The molecule has 1 saturated heterocycles. The summed E-state index contributed by atoms with van der Waals surface area (Å²) >= 11 is 0.